The van der Waals surface area contributed by atoms with E-state index in [-0.39, 0.29) is 11.4 Å². The highest BCUT2D eigenvalue weighted by molar-refractivity contribution is 6.30. The molecule has 1 fully saturated rings. The van der Waals surface area contributed by atoms with Gasteiger partial charge in [-0.15, -0.1) is 0 Å². The molecule has 0 atom stereocenters. The molecular weight excluding hydrogens is 443 g/mol. The number of aryl methyl sites for hydroxylation is 1. The maximum atomic E-state index is 13.4. The van der Waals surface area contributed by atoms with E-state index in [1.54, 1.807) is 16.8 Å². The molecule has 10 heteroatoms. The molecular formula is C22H29ClF3N5O. The lowest BCUT2D eigenvalue weighted by atomic mass is 9.95. The molecule has 3 rings (SSSR count). The Balaban J connectivity index is 1.54. The second-order valence-corrected chi connectivity index (χ2v) is 9.53. The van der Waals surface area contributed by atoms with E-state index >= 15 is 0 Å². The Morgan fingerprint density at radius 3 is 2.25 bits per heavy atom. The summed E-state index contributed by atoms with van der Waals surface area (Å²) in [6, 6.07) is 4.16. The zero-order valence-electron chi connectivity index (χ0n) is 18.6. The molecule has 0 saturated carbocycles. The predicted molar refractivity (Wildman–Crippen MR) is 119 cm³/mol. The third-order valence-electron chi connectivity index (χ3n) is 5.45. The Kier molecular flexibility index (Phi) is 7.50. The minimum absolute atomic E-state index is 0.108. The number of nitrogens with zero attached hydrogens (tertiary/aromatic N) is 5. The first-order valence-corrected chi connectivity index (χ1v) is 11.1. The van der Waals surface area contributed by atoms with Crippen molar-refractivity contribution in [3.05, 3.63) is 51.3 Å². The molecule has 0 aromatic carbocycles. The Morgan fingerprint density at radius 1 is 1.00 bits per heavy atom. The predicted octanol–water partition coefficient (Wildman–Crippen LogP) is 4.21. The molecule has 2 aromatic rings. The van der Waals surface area contributed by atoms with Gasteiger partial charge < -0.3 is 9.47 Å². The molecule has 0 bridgehead atoms. The third-order valence-corrected chi connectivity index (χ3v) is 5.69. The normalized spacial score (nSPS) is 15.9. The van der Waals surface area contributed by atoms with Crippen LogP contribution in [0.3, 0.4) is 0 Å². The summed E-state index contributed by atoms with van der Waals surface area (Å²) in [5.74, 6) is 0.529. The highest BCUT2D eigenvalue weighted by Gasteiger charge is 2.35. The summed E-state index contributed by atoms with van der Waals surface area (Å²) in [7, 11) is 0. The summed E-state index contributed by atoms with van der Waals surface area (Å²) in [5, 5.41) is 0.435. The van der Waals surface area contributed by atoms with Crippen molar-refractivity contribution in [3.8, 4) is 0 Å². The number of anilines is 1. The van der Waals surface area contributed by atoms with E-state index in [9.17, 15) is 18.0 Å². The molecule has 176 valence electrons. The van der Waals surface area contributed by atoms with Gasteiger partial charge in [0.2, 0.25) is 0 Å². The second-order valence-electron chi connectivity index (χ2n) is 9.10. The first-order chi connectivity index (χ1) is 14.9. The molecule has 1 saturated heterocycles. The van der Waals surface area contributed by atoms with Gasteiger partial charge in [0.15, 0.2) is 0 Å². The van der Waals surface area contributed by atoms with E-state index in [1.807, 2.05) is 25.7 Å². The van der Waals surface area contributed by atoms with Gasteiger partial charge in [0, 0.05) is 61.5 Å². The summed E-state index contributed by atoms with van der Waals surface area (Å²) in [4.78, 5) is 24.3. The van der Waals surface area contributed by atoms with Gasteiger partial charge in [0.1, 0.15) is 17.3 Å². The smallest absolute Gasteiger partial charge is 0.354 e. The summed E-state index contributed by atoms with van der Waals surface area (Å²) >= 11 is 5.81. The topological polar surface area (TPSA) is 54.3 Å². The molecule has 6 nitrogen and oxygen atoms in total. The Bertz CT molecular complexity index is 947. The van der Waals surface area contributed by atoms with Crippen LogP contribution < -0.4 is 10.5 Å². The van der Waals surface area contributed by atoms with Crippen LogP contribution >= 0.6 is 11.6 Å². The summed E-state index contributed by atoms with van der Waals surface area (Å²) in [6.07, 6.45) is -1.02. The highest BCUT2D eigenvalue weighted by Crippen LogP contribution is 2.32. The number of hydrogen-bond donors (Lipinski definition) is 0. The van der Waals surface area contributed by atoms with Crippen LogP contribution in [0.5, 0.6) is 0 Å². The van der Waals surface area contributed by atoms with Gasteiger partial charge in [-0.1, -0.05) is 32.4 Å². The van der Waals surface area contributed by atoms with Crippen molar-refractivity contribution in [1.29, 1.82) is 0 Å². The van der Waals surface area contributed by atoms with E-state index in [2.05, 4.69) is 14.9 Å². The van der Waals surface area contributed by atoms with Gasteiger partial charge in [0.05, 0.1) is 0 Å². The number of unbranched alkanes of at least 4 members (excludes halogenated alkanes) is 1. The van der Waals surface area contributed by atoms with Crippen LogP contribution in [0.4, 0.5) is 19.0 Å². The molecule has 3 heterocycles. The van der Waals surface area contributed by atoms with Crippen LogP contribution in [0.25, 0.3) is 0 Å². The van der Waals surface area contributed by atoms with Gasteiger partial charge >= 0.3 is 6.18 Å². The fourth-order valence-electron chi connectivity index (χ4n) is 3.56. The van der Waals surface area contributed by atoms with Crippen molar-refractivity contribution < 1.29 is 13.2 Å². The van der Waals surface area contributed by atoms with Gasteiger partial charge in [0.25, 0.3) is 5.56 Å². The third kappa shape index (κ3) is 6.45. The fraction of sp³-hybridized carbons (Fsp3) is 0.591. The van der Waals surface area contributed by atoms with E-state index in [4.69, 9.17) is 11.6 Å². The lowest BCUT2D eigenvalue weighted by Gasteiger charge is -2.36. The van der Waals surface area contributed by atoms with E-state index in [0.717, 1.165) is 38.5 Å². The SMILES string of the molecule is CC(C)(C)c1nc(N2CCN(CCCCn3ccc(Cl)cc3=O)CC2)cc(C(F)(F)F)n1. The van der Waals surface area contributed by atoms with Crippen LogP contribution in [-0.2, 0) is 18.1 Å². The molecule has 2 aromatic heterocycles. The molecule has 0 radical (unpaired) electrons. The molecule has 1 aliphatic rings. The molecule has 32 heavy (non-hydrogen) atoms. The lowest BCUT2D eigenvalue weighted by molar-refractivity contribution is -0.141. The molecule has 0 unspecified atom stereocenters. The van der Waals surface area contributed by atoms with Gasteiger partial charge in [-0.3, -0.25) is 9.69 Å². The Labute approximate surface area is 191 Å². The van der Waals surface area contributed by atoms with Crippen LogP contribution in [0.2, 0.25) is 5.02 Å². The molecule has 1 aliphatic heterocycles. The van der Waals surface area contributed by atoms with Crippen molar-refractivity contribution in [2.24, 2.45) is 0 Å². The average Bonchev–Trinajstić information content (AvgIpc) is 2.71. The van der Waals surface area contributed by atoms with Crippen molar-refractivity contribution in [1.82, 2.24) is 19.4 Å². The van der Waals surface area contributed by atoms with Crippen LogP contribution in [0.1, 0.15) is 45.1 Å². The van der Waals surface area contributed by atoms with Crippen molar-refractivity contribution in [2.75, 3.05) is 37.6 Å². The number of halogens is 4. The fourth-order valence-corrected chi connectivity index (χ4v) is 3.71. The number of piperazine rings is 1. The van der Waals surface area contributed by atoms with Crippen LogP contribution in [0.15, 0.2) is 29.2 Å². The number of hydrogen-bond acceptors (Lipinski definition) is 5. The van der Waals surface area contributed by atoms with E-state index < -0.39 is 17.3 Å². The minimum Gasteiger partial charge on any atom is -0.354 e. The maximum Gasteiger partial charge on any atom is 0.433 e. The molecule has 0 N–H and O–H groups in total. The molecule has 0 spiro atoms. The number of rotatable bonds is 6. The molecule has 0 amide bonds. The van der Waals surface area contributed by atoms with Gasteiger partial charge in [-0.25, -0.2) is 9.97 Å². The quantitative estimate of drug-likeness (QED) is 0.591. The van der Waals surface area contributed by atoms with Crippen molar-refractivity contribution in [2.45, 2.75) is 51.7 Å². The zero-order chi connectivity index (χ0) is 23.5. The number of alkyl halides is 3. The molecule has 0 aliphatic carbocycles. The van der Waals surface area contributed by atoms with E-state index in [1.165, 1.54) is 6.07 Å². The zero-order valence-corrected chi connectivity index (χ0v) is 19.4. The van der Waals surface area contributed by atoms with E-state index in [0.29, 0.717) is 30.5 Å². The summed E-state index contributed by atoms with van der Waals surface area (Å²) in [5.41, 5.74) is -1.58. The lowest BCUT2D eigenvalue weighted by Crippen LogP contribution is -2.47. The summed E-state index contributed by atoms with van der Waals surface area (Å²) in [6.45, 7) is 9.64. The highest BCUT2D eigenvalue weighted by atomic mass is 35.5. The Hall–Kier alpha value is -2.13. The minimum atomic E-state index is -4.51. The average molecular weight is 472 g/mol. The number of aromatic nitrogens is 3. The number of pyridine rings is 1. The Morgan fingerprint density at radius 2 is 1.66 bits per heavy atom. The van der Waals surface area contributed by atoms with Crippen LogP contribution in [0, 0.1) is 0 Å². The van der Waals surface area contributed by atoms with Gasteiger partial charge in [-0.05, 0) is 25.5 Å². The first-order valence-electron chi connectivity index (χ1n) is 10.7. The maximum absolute atomic E-state index is 13.4. The van der Waals surface area contributed by atoms with Crippen molar-refractivity contribution >= 4 is 17.4 Å². The second kappa shape index (κ2) is 9.79. The summed E-state index contributed by atoms with van der Waals surface area (Å²) < 4.78 is 41.7. The van der Waals surface area contributed by atoms with Crippen LogP contribution in [-0.4, -0.2) is 52.2 Å². The van der Waals surface area contributed by atoms with Gasteiger partial charge in [-0.2, -0.15) is 13.2 Å². The first kappa shape index (κ1) is 24.5. The standard InChI is InChI=1S/C22H29ClF3N5O/c1-21(2,3)20-27-17(22(24,25)26)15-18(28-20)30-12-10-29(11-13-30)7-4-5-8-31-9-6-16(23)14-19(31)32/h6,9,14-15H,4-5,7-8,10-13H2,1-3H3. The van der Waals surface area contributed by atoms with Crippen molar-refractivity contribution in [3.63, 3.8) is 0 Å². The monoisotopic (exact) mass is 471 g/mol. The largest absolute Gasteiger partial charge is 0.433 e.